The summed E-state index contributed by atoms with van der Waals surface area (Å²) in [6.45, 7) is 5.31. The van der Waals surface area contributed by atoms with E-state index in [-0.39, 0.29) is 0 Å². The van der Waals surface area contributed by atoms with Crippen LogP contribution in [0.5, 0.6) is 6.01 Å². The minimum atomic E-state index is 0.737. The molecule has 1 aliphatic rings. The third kappa shape index (κ3) is 4.49. The lowest BCUT2D eigenvalue weighted by Gasteiger charge is -2.26. The van der Waals surface area contributed by atoms with Gasteiger partial charge in [0.2, 0.25) is 0 Å². The maximum atomic E-state index is 5.80. The molecule has 1 aromatic heterocycles. The van der Waals surface area contributed by atoms with Crippen molar-refractivity contribution in [3.63, 3.8) is 0 Å². The zero-order valence-electron chi connectivity index (χ0n) is 13.1. The molecule has 0 unspecified atom stereocenters. The van der Waals surface area contributed by atoms with E-state index in [1.165, 1.54) is 38.0 Å². The fourth-order valence-electron chi connectivity index (χ4n) is 2.67. The van der Waals surface area contributed by atoms with Crippen LogP contribution in [0.25, 0.3) is 0 Å². The van der Waals surface area contributed by atoms with Gasteiger partial charge in [0.1, 0.15) is 0 Å². The molecule has 0 saturated carbocycles. The van der Waals surface area contributed by atoms with Crippen LogP contribution in [-0.2, 0) is 13.6 Å². The second kappa shape index (κ2) is 7.64. The third-order valence-electron chi connectivity index (χ3n) is 3.82. The number of aromatic nitrogens is 2. The second-order valence-corrected chi connectivity index (χ2v) is 5.93. The van der Waals surface area contributed by atoms with Crippen LogP contribution in [0.1, 0.15) is 31.4 Å². The SMILES string of the molecule is CN(C)Cc1cnc(OCCCN2CCCCC2)n1C. The van der Waals surface area contributed by atoms with Gasteiger partial charge in [-0.15, -0.1) is 0 Å². The zero-order valence-corrected chi connectivity index (χ0v) is 13.1. The second-order valence-electron chi connectivity index (χ2n) is 5.93. The Morgan fingerprint density at radius 1 is 1.25 bits per heavy atom. The van der Waals surface area contributed by atoms with E-state index in [1.54, 1.807) is 0 Å². The molecule has 0 radical (unpaired) electrons. The topological polar surface area (TPSA) is 33.5 Å². The molecule has 2 heterocycles. The highest BCUT2D eigenvalue weighted by molar-refractivity contribution is 5.08. The average molecular weight is 280 g/mol. The molecule has 1 aromatic rings. The Hall–Kier alpha value is -1.07. The van der Waals surface area contributed by atoms with Crippen molar-refractivity contribution in [2.45, 2.75) is 32.2 Å². The van der Waals surface area contributed by atoms with Crippen molar-refractivity contribution < 1.29 is 4.74 Å². The first-order valence-electron chi connectivity index (χ1n) is 7.67. The molecule has 5 heteroatoms. The number of hydrogen-bond acceptors (Lipinski definition) is 4. The molecular formula is C15H28N4O. The molecule has 0 aliphatic carbocycles. The molecule has 0 N–H and O–H groups in total. The van der Waals surface area contributed by atoms with E-state index in [9.17, 15) is 0 Å². The summed E-state index contributed by atoms with van der Waals surface area (Å²) in [6.07, 6.45) is 7.09. The van der Waals surface area contributed by atoms with E-state index >= 15 is 0 Å². The van der Waals surface area contributed by atoms with Crippen LogP contribution in [0.3, 0.4) is 0 Å². The quantitative estimate of drug-likeness (QED) is 0.712. The lowest BCUT2D eigenvalue weighted by atomic mass is 10.1. The standard InChI is InChI=1S/C15H28N4O/c1-17(2)13-14-12-16-15(18(14)3)20-11-7-10-19-8-5-4-6-9-19/h12H,4-11,13H2,1-3H3. The summed E-state index contributed by atoms with van der Waals surface area (Å²) in [4.78, 5) is 9.03. The summed E-state index contributed by atoms with van der Waals surface area (Å²) in [5.74, 6) is 0. The maximum absolute atomic E-state index is 5.80. The van der Waals surface area contributed by atoms with Gasteiger partial charge in [-0.2, -0.15) is 0 Å². The van der Waals surface area contributed by atoms with Crippen molar-refractivity contribution in [2.24, 2.45) is 7.05 Å². The summed E-state index contributed by atoms with van der Waals surface area (Å²) >= 11 is 0. The van der Waals surface area contributed by atoms with Crippen LogP contribution >= 0.6 is 0 Å². The molecule has 1 aliphatic heterocycles. The zero-order chi connectivity index (χ0) is 14.4. The largest absolute Gasteiger partial charge is 0.465 e. The van der Waals surface area contributed by atoms with Gasteiger partial charge in [-0.25, -0.2) is 4.98 Å². The molecular weight excluding hydrogens is 252 g/mol. The highest BCUT2D eigenvalue weighted by atomic mass is 16.5. The van der Waals surface area contributed by atoms with Gasteiger partial charge in [-0.1, -0.05) is 6.42 Å². The summed E-state index contributed by atoms with van der Waals surface area (Å²) in [6, 6.07) is 0.737. The van der Waals surface area contributed by atoms with Gasteiger partial charge in [-0.3, -0.25) is 0 Å². The molecule has 1 fully saturated rings. The molecule has 0 amide bonds. The molecule has 20 heavy (non-hydrogen) atoms. The fourth-order valence-corrected chi connectivity index (χ4v) is 2.67. The van der Waals surface area contributed by atoms with Crippen LogP contribution in [-0.4, -0.2) is 59.7 Å². The highest BCUT2D eigenvalue weighted by Crippen LogP contribution is 2.13. The molecule has 5 nitrogen and oxygen atoms in total. The Bertz CT molecular complexity index is 397. The molecule has 2 rings (SSSR count). The van der Waals surface area contributed by atoms with Crippen molar-refractivity contribution in [3.05, 3.63) is 11.9 Å². The molecule has 0 bridgehead atoms. The summed E-state index contributed by atoms with van der Waals surface area (Å²) < 4.78 is 7.84. The first-order chi connectivity index (χ1) is 9.66. The normalized spacial score (nSPS) is 16.8. The maximum Gasteiger partial charge on any atom is 0.296 e. The van der Waals surface area contributed by atoms with Gasteiger partial charge in [0.15, 0.2) is 0 Å². The van der Waals surface area contributed by atoms with Gasteiger partial charge in [0.25, 0.3) is 6.01 Å². The van der Waals surface area contributed by atoms with E-state index in [0.29, 0.717) is 0 Å². The Balaban J connectivity index is 1.69. The number of piperidine rings is 1. The van der Waals surface area contributed by atoms with Crippen molar-refractivity contribution in [2.75, 3.05) is 40.3 Å². The lowest BCUT2D eigenvalue weighted by Crippen LogP contribution is -2.31. The van der Waals surface area contributed by atoms with E-state index in [0.717, 1.165) is 32.1 Å². The summed E-state index contributed by atoms with van der Waals surface area (Å²) in [5, 5.41) is 0. The van der Waals surface area contributed by atoms with Gasteiger partial charge < -0.3 is 19.1 Å². The number of ether oxygens (including phenoxy) is 1. The van der Waals surface area contributed by atoms with Crippen molar-refractivity contribution >= 4 is 0 Å². The summed E-state index contributed by atoms with van der Waals surface area (Å²) in [5.41, 5.74) is 1.18. The molecule has 114 valence electrons. The van der Waals surface area contributed by atoms with E-state index in [4.69, 9.17) is 4.74 Å². The van der Waals surface area contributed by atoms with Crippen LogP contribution in [0.15, 0.2) is 6.20 Å². The predicted octanol–water partition coefficient (Wildman–Crippen LogP) is 1.74. The van der Waals surface area contributed by atoms with Gasteiger partial charge in [-0.05, 0) is 46.4 Å². The number of nitrogens with zero attached hydrogens (tertiary/aromatic N) is 4. The predicted molar refractivity (Wildman–Crippen MR) is 81.0 cm³/mol. The van der Waals surface area contributed by atoms with Gasteiger partial charge in [0, 0.05) is 20.1 Å². The first-order valence-corrected chi connectivity index (χ1v) is 7.67. The number of imidazole rings is 1. The molecule has 0 atom stereocenters. The van der Waals surface area contributed by atoms with Crippen LogP contribution in [0, 0.1) is 0 Å². The number of hydrogen-bond donors (Lipinski definition) is 0. The Labute approximate surface area is 122 Å². The van der Waals surface area contributed by atoms with Crippen LogP contribution in [0.4, 0.5) is 0 Å². The molecule has 0 aromatic carbocycles. The highest BCUT2D eigenvalue weighted by Gasteiger charge is 2.11. The number of rotatable bonds is 7. The Morgan fingerprint density at radius 2 is 2.00 bits per heavy atom. The average Bonchev–Trinajstić information content (AvgIpc) is 2.77. The van der Waals surface area contributed by atoms with Crippen molar-refractivity contribution in [1.82, 2.24) is 19.4 Å². The first kappa shape index (κ1) is 15.3. The smallest absolute Gasteiger partial charge is 0.296 e. The molecule has 0 spiro atoms. The molecule has 1 saturated heterocycles. The Morgan fingerprint density at radius 3 is 2.70 bits per heavy atom. The Kier molecular flexibility index (Phi) is 5.86. The minimum absolute atomic E-state index is 0.737. The van der Waals surface area contributed by atoms with Crippen LogP contribution < -0.4 is 4.74 Å². The van der Waals surface area contributed by atoms with E-state index < -0.39 is 0 Å². The lowest BCUT2D eigenvalue weighted by molar-refractivity contribution is 0.198. The van der Waals surface area contributed by atoms with E-state index in [2.05, 4.69) is 28.9 Å². The minimum Gasteiger partial charge on any atom is -0.465 e. The van der Waals surface area contributed by atoms with Crippen LogP contribution in [0.2, 0.25) is 0 Å². The van der Waals surface area contributed by atoms with Gasteiger partial charge >= 0.3 is 0 Å². The van der Waals surface area contributed by atoms with Crippen molar-refractivity contribution in [1.29, 1.82) is 0 Å². The monoisotopic (exact) mass is 280 g/mol. The van der Waals surface area contributed by atoms with Gasteiger partial charge in [0.05, 0.1) is 18.5 Å². The number of likely N-dealkylation sites (tertiary alicyclic amines) is 1. The van der Waals surface area contributed by atoms with E-state index in [1.807, 2.05) is 17.8 Å². The summed E-state index contributed by atoms with van der Waals surface area (Å²) in [7, 11) is 6.14. The fraction of sp³-hybridized carbons (Fsp3) is 0.800. The van der Waals surface area contributed by atoms with Crippen molar-refractivity contribution in [3.8, 4) is 6.01 Å². The third-order valence-corrected chi connectivity index (χ3v) is 3.82.